The zero-order chi connectivity index (χ0) is 19.1. The summed E-state index contributed by atoms with van der Waals surface area (Å²) in [5.74, 6) is 1.43. The Bertz CT molecular complexity index is 914. The van der Waals surface area contributed by atoms with Gasteiger partial charge in [-0.15, -0.1) is 0 Å². The maximum Gasteiger partial charge on any atom is 0.226 e. The van der Waals surface area contributed by atoms with E-state index in [-0.39, 0.29) is 11.2 Å². The molecule has 1 amide bonds. The summed E-state index contributed by atoms with van der Waals surface area (Å²) >= 11 is 5.88. The van der Waals surface area contributed by atoms with E-state index in [4.69, 9.17) is 16.3 Å². The Morgan fingerprint density at radius 1 is 1.26 bits per heavy atom. The normalized spacial score (nSPS) is 10.7. The zero-order valence-electron chi connectivity index (χ0n) is 15.0. The van der Waals surface area contributed by atoms with Gasteiger partial charge in [0.1, 0.15) is 11.3 Å². The minimum Gasteiger partial charge on any atom is -0.496 e. The molecule has 27 heavy (non-hydrogen) atoms. The number of rotatable bonds is 9. The molecule has 2 aromatic heterocycles. The van der Waals surface area contributed by atoms with Gasteiger partial charge in [-0.1, -0.05) is 18.2 Å². The van der Waals surface area contributed by atoms with E-state index < -0.39 is 0 Å². The number of nitrogens with zero attached hydrogens (tertiary/aromatic N) is 3. The number of ether oxygens (including phenoxy) is 1. The molecule has 0 radical (unpaired) electrons. The summed E-state index contributed by atoms with van der Waals surface area (Å²) in [5.41, 5.74) is 2.28. The van der Waals surface area contributed by atoms with Crippen LogP contribution in [0.3, 0.4) is 0 Å². The van der Waals surface area contributed by atoms with Gasteiger partial charge in [-0.2, -0.15) is 9.97 Å². The van der Waals surface area contributed by atoms with Gasteiger partial charge in [0.2, 0.25) is 11.2 Å². The number of aromatic nitrogens is 4. The minimum absolute atomic E-state index is 0.0131. The fourth-order valence-corrected chi connectivity index (χ4v) is 2.89. The number of carbonyl (C=O) groups excluding carboxylic acids is 1. The predicted molar refractivity (Wildman–Crippen MR) is 104 cm³/mol. The van der Waals surface area contributed by atoms with Crippen molar-refractivity contribution in [2.24, 2.45) is 0 Å². The highest BCUT2D eigenvalue weighted by Crippen LogP contribution is 2.19. The molecule has 0 saturated carbocycles. The number of amides is 1. The van der Waals surface area contributed by atoms with Crippen molar-refractivity contribution in [3.8, 4) is 5.75 Å². The number of imidazole rings is 1. The second-order valence-electron chi connectivity index (χ2n) is 5.88. The van der Waals surface area contributed by atoms with E-state index in [2.05, 4.69) is 30.6 Å². The SMILES string of the molecule is COc1ccccc1CCNC(=O)CCCNc1nc(Cl)nc2nc[nH]c12. The molecule has 8 nitrogen and oxygen atoms in total. The van der Waals surface area contributed by atoms with Gasteiger partial charge in [0, 0.05) is 19.5 Å². The Hall–Kier alpha value is -2.87. The number of halogens is 1. The first-order valence-corrected chi connectivity index (χ1v) is 9.04. The Labute approximate surface area is 161 Å². The largest absolute Gasteiger partial charge is 0.496 e. The second kappa shape index (κ2) is 9.18. The molecule has 142 valence electrons. The third-order valence-corrected chi connectivity index (χ3v) is 4.21. The fourth-order valence-electron chi connectivity index (χ4n) is 2.72. The van der Waals surface area contributed by atoms with Gasteiger partial charge in [0.05, 0.1) is 13.4 Å². The number of para-hydroxylation sites is 1. The summed E-state index contributed by atoms with van der Waals surface area (Å²) in [4.78, 5) is 27.2. The molecule has 0 aliphatic carbocycles. The molecular formula is C18H21ClN6O2. The van der Waals surface area contributed by atoms with E-state index >= 15 is 0 Å². The van der Waals surface area contributed by atoms with Crippen LogP contribution >= 0.6 is 11.6 Å². The van der Waals surface area contributed by atoms with Gasteiger partial charge >= 0.3 is 0 Å². The van der Waals surface area contributed by atoms with E-state index in [1.54, 1.807) is 7.11 Å². The van der Waals surface area contributed by atoms with Crippen molar-refractivity contribution in [2.45, 2.75) is 19.3 Å². The molecule has 3 rings (SSSR count). The van der Waals surface area contributed by atoms with Crippen molar-refractivity contribution in [3.05, 3.63) is 41.4 Å². The average molecular weight is 389 g/mol. The highest BCUT2D eigenvalue weighted by Gasteiger charge is 2.09. The number of aromatic amines is 1. The Morgan fingerprint density at radius 3 is 2.96 bits per heavy atom. The highest BCUT2D eigenvalue weighted by molar-refractivity contribution is 6.28. The molecule has 0 fully saturated rings. The number of fused-ring (bicyclic) bond motifs is 1. The quantitative estimate of drug-likeness (QED) is 0.384. The summed E-state index contributed by atoms with van der Waals surface area (Å²) in [6.07, 6.45) is 3.35. The molecular weight excluding hydrogens is 368 g/mol. The van der Waals surface area contributed by atoms with E-state index in [1.807, 2.05) is 24.3 Å². The highest BCUT2D eigenvalue weighted by atomic mass is 35.5. The lowest BCUT2D eigenvalue weighted by Gasteiger charge is -2.09. The van der Waals surface area contributed by atoms with Crippen LogP contribution in [0.1, 0.15) is 18.4 Å². The first-order valence-electron chi connectivity index (χ1n) is 8.66. The van der Waals surface area contributed by atoms with E-state index in [0.717, 1.165) is 17.7 Å². The number of hydrogen-bond donors (Lipinski definition) is 3. The molecule has 0 atom stereocenters. The molecule has 3 aromatic rings. The smallest absolute Gasteiger partial charge is 0.226 e. The van der Waals surface area contributed by atoms with Gasteiger partial charge in [-0.3, -0.25) is 4.79 Å². The van der Waals surface area contributed by atoms with E-state index in [9.17, 15) is 4.79 Å². The first-order chi connectivity index (χ1) is 13.2. The predicted octanol–water partition coefficient (Wildman–Crippen LogP) is 2.57. The van der Waals surface area contributed by atoms with Gasteiger partial charge in [0.15, 0.2) is 11.5 Å². The number of hydrogen-bond acceptors (Lipinski definition) is 6. The van der Waals surface area contributed by atoms with Crippen LogP contribution in [0.2, 0.25) is 5.28 Å². The van der Waals surface area contributed by atoms with E-state index in [1.165, 1.54) is 6.33 Å². The summed E-state index contributed by atoms with van der Waals surface area (Å²) in [7, 11) is 1.65. The van der Waals surface area contributed by atoms with Crippen LogP contribution in [-0.2, 0) is 11.2 Å². The summed E-state index contributed by atoms with van der Waals surface area (Å²) in [6.45, 7) is 1.16. The first kappa shape index (κ1) is 18.9. The van der Waals surface area contributed by atoms with Crippen molar-refractivity contribution in [2.75, 3.05) is 25.5 Å². The standard InChI is InChI=1S/C18H21ClN6O2/c1-27-13-6-3-2-5-12(13)8-10-20-14(26)7-4-9-21-16-15-17(23-11-22-15)25-18(19)24-16/h2-3,5-6,11H,4,7-10H2,1H3,(H,20,26)(H2,21,22,23,24,25). The summed E-state index contributed by atoms with van der Waals surface area (Å²) in [6, 6.07) is 7.80. The summed E-state index contributed by atoms with van der Waals surface area (Å²) < 4.78 is 5.31. The van der Waals surface area contributed by atoms with Gasteiger partial charge in [0.25, 0.3) is 0 Å². The molecule has 3 N–H and O–H groups in total. The zero-order valence-corrected chi connectivity index (χ0v) is 15.7. The lowest BCUT2D eigenvalue weighted by molar-refractivity contribution is -0.121. The number of methoxy groups -OCH3 is 1. The maximum absolute atomic E-state index is 12.0. The van der Waals surface area contributed by atoms with Gasteiger partial charge in [-0.05, 0) is 36.1 Å². The van der Waals surface area contributed by atoms with Crippen molar-refractivity contribution in [3.63, 3.8) is 0 Å². The molecule has 0 aliphatic rings. The van der Waals surface area contributed by atoms with Gasteiger partial charge in [-0.25, -0.2) is 4.98 Å². The Balaban J connectivity index is 1.39. The summed E-state index contributed by atoms with van der Waals surface area (Å²) in [5, 5.41) is 6.22. The number of benzene rings is 1. The molecule has 0 spiro atoms. The monoisotopic (exact) mass is 388 g/mol. The van der Waals surface area contributed by atoms with Crippen LogP contribution in [0.5, 0.6) is 5.75 Å². The number of nitrogens with one attached hydrogen (secondary N) is 3. The fraction of sp³-hybridized carbons (Fsp3) is 0.333. The Morgan fingerprint density at radius 2 is 2.11 bits per heavy atom. The third-order valence-electron chi connectivity index (χ3n) is 4.04. The average Bonchev–Trinajstić information content (AvgIpc) is 3.14. The number of H-pyrrole nitrogens is 1. The lowest BCUT2D eigenvalue weighted by Crippen LogP contribution is -2.26. The molecule has 1 aromatic carbocycles. The van der Waals surface area contributed by atoms with Crippen LogP contribution in [0.25, 0.3) is 11.2 Å². The van der Waals surface area contributed by atoms with Crippen LogP contribution in [0.4, 0.5) is 5.82 Å². The maximum atomic E-state index is 12.0. The van der Waals surface area contributed by atoms with Crippen LogP contribution in [0, 0.1) is 0 Å². The molecule has 0 saturated heterocycles. The van der Waals surface area contributed by atoms with Crippen LogP contribution in [0.15, 0.2) is 30.6 Å². The topological polar surface area (TPSA) is 105 Å². The third kappa shape index (κ3) is 5.07. The number of carbonyl (C=O) groups is 1. The van der Waals surface area contributed by atoms with Crippen LogP contribution in [-0.4, -0.2) is 46.0 Å². The molecule has 0 unspecified atom stereocenters. The van der Waals surface area contributed by atoms with Crippen molar-refractivity contribution < 1.29 is 9.53 Å². The minimum atomic E-state index is 0.0131. The molecule has 2 heterocycles. The van der Waals surface area contributed by atoms with Crippen molar-refractivity contribution >= 4 is 34.5 Å². The second-order valence-corrected chi connectivity index (χ2v) is 6.22. The molecule has 9 heteroatoms. The molecule has 0 aliphatic heterocycles. The number of anilines is 1. The van der Waals surface area contributed by atoms with E-state index in [0.29, 0.717) is 42.9 Å². The van der Waals surface area contributed by atoms with Crippen molar-refractivity contribution in [1.82, 2.24) is 25.3 Å². The Kier molecular flexibility index (Phi) is 6.43. The van der Waals surface area contributed by atoms with Crippen molar-refractivity contribution in [1.29, 1.82) is 0 Å². The van der Waals surface area contributed by atoms with Crippen LogP contribution < -0.4 is 15.4 Å². The van der Waals surface area contributed by atoms with Gasteiger partial charge < -0.3 is 20.4 Å². The lowest BCUT2D eigenvalue weighted by atomic mass is 10.1. The molecule has 0 bridgehead atoms.